The molecule has 0 bridgehead atoms. The van der Waals surface area contributed by atoms with Gasteiger partial charge < -0.3 is 9.31 Å². The fourth-order valence-electron chi connectivity index (χ4n) is 3.80. The molecule has 1 atom stereocenters. The predicted octanol–water partition coefficient (Wildman–Crippen LogP) is 6.52. The maximum absolute atomic E-state index is 6.22. The fraction of sp³-hybridized carbons (Fsp3) is 0.391. The van der Waals surface area contributed by atoms with E-state index < -0.39 is 0 Å². The Balaban J connectivity index is 1.58. The van der Waals surface area contributed by atoms with Crippen molar-refractivity contribution in [2.45, 2.75) is 57.6 Å². The SMILES string of the molecule is CC1(C)OB(CC[C@H](c2ccccc2)c2ccc3sccc3c2)OC1(C)C. The summed E-state index contributed by atoms with van der Waals surface area (Å²) in [5, 5.41) is 3.49. The summed E-state index contributed by atoms with van der Waals surface area (Å²) in [5.74, 6) is 0.342. The Labute approximate surface area is 166 Å². The third kappa shape index (κ3) is 3.71. The van der Waals surface area contributed by atoms with Gasteiger partial charge in [0.05, 0.1) is 11.2 Å². The van der Waals surface area contributed by atoms with Gasteiger partial charge in [0.25, 0.3) is 0 Å². The van der Waals surface area contributed by atoms with Crippen molar-refractivity contribution in [3.05, 3.63) is 71.1 Å². The Kier molecular flexibility index (Phi) is 4.92. The number of hydrogen-bond acceptors (Lipinski definition) is 3. The number of rotatable bonds is 5. The van der Waals surface area contributed by atoms with Gasteiger partial charge >= 0.3 is 7.12 Å². The second-order valence-electron chi connectivity index (χ2n) is 8.44. The van der Waals surface area contributed by atoms with Crippen LogP contribution in [0.2, 0.25) is 6.32 Å². The standard InChI is InChI=1S/C23H27BO2S/c1-22(2)23(3,4)26-24(25-22)14-12-20(17-8-6-5-7-9-17)18-10-11-21-19(16-18)13-15-27-21/h5-11,13,15-16,20H,12,14H2,1-4H3/t20-/m1/s1. The highest BCUT2D eigenvalue weighted by Gasteiger charge is 2.50. The van der Waals surface area contributed by atoms with Gasteiger partial charge in [-0.25, -0.2) is 0 Å². The van der Waals surface area contributed by atoms with Gasteiger partial charge in [0.1, 0.15) is 0 Å². The van der Waals surface area contributed by atoms with Crippen molar-refractivity contribution in [2.75, 3.05) is 0 Å². The maximum atomic E-state index is 6.22. The zero-order valence-electron chi connectivity index (χ0n) is 16.6. The molecule has 1 aromatic heterocycles. The highest BCUT2D eigenvalue weighted by Crippen LogP contribution is 2.40. The summed E-state index contributed by atoms with van der Waals surface area (Å²) in [6.45, 7) is 8.47. The average molecular weight is 378 g/mol. The van der Waals surface area contributed by atoms with Crippen LogP contribution in [0, 0.1) is 0 Å². The molecule has 0 radical (unpaired) electrons. The first-order valence-electron chi connectivity index (χ1n) is 9.73. The molecule has 140 valence electrons. The molecule has 1 aliphatic rings. The fourth-order valence-corrected chi connectivity index (χ4v) is 4.57. The van der Waals surface area contributed by atoms with E-state index >= 15 is 0 Å². The van der Waals surface area contributed by atoms with Gasteiger partial charge in [-0.3, -0.25) is 0 Å². The summed E-state index contributed by atoms with van der Waals surface area (Å²) in [4.78, 5) is 0. The van der Waals surface area contributed by atoms with Crippen LogP contribution >= 0.6 is 11.3 Å². The number of fused-ring (bicyclic) bond motifs is 1. The van der Waals surface area contributed by atoms with E-state index in [4.69, 9.17) is 9.31 Å². The number of benzene rings is 2. The molecule has 0 aliphatic carbocycles. The molecule has 2 nitrogen and oxygen atoms in total. The molecule has 0 N–H and O–H groups in total. The van der Waals surface area contributed by atoms with Gasteiger partial charge in [-0.2, -0.15) is 0 Å². The lowest BCUT2D eigenvalue weighted by molar-refractivity contribution is 0.00578. The Morgan fingerprint density at radius 3 is 2.30 bits per heavy atom. The Morgan fingerprint density at radius 1 is 0.889 bits per heavy atom. The van der Waals surface area contributed by atoms with Crippen LogP contribution in [0.4, 0.5) is 0 Å². The summed E-state index contributed by atoms with van der Waals surface area (Å²) < 4.78 is 13.8. The summed E-state index contributed by atoms with van der Waals surface area (Å²) in [5.41, 5.74) is 2.18. The zero-order valence-corrected chi connectivity index (χ0v) is 17.4. The van der Waals surface area contributed by atoms with Crippen molar-refractivity contribution in [2.24, 2.45) is 0 Å². The molecule has 1 fully saturated rings. The highest BCUT2D eigenvalue weighted by molar-refractivity contribution is 7.17. The van der Waals surface area contributed by atoms with Gasteiger partial charge in [-0.1, -0.05) is 36.4 Å². The molecule has 0 unspecified atom stereocenters. The molecule has 0 spiro atoms. The lowest BCUT2D eigenvalue weighted by atomic mass is 9.76. The number of hydrogen-bond donors (Lipinski definition) is 0. The van der Waals surface area contributed by atoms with E-state index in [9.17, 15) is 0 Å². The van der Waals surface area contributed by atoms with Crippen molar-refractivity contribution in [3.8, 4) is 0 Å². The molecule has 1 saturated heterocycles. The molecule has 4 rings (SSSR count). The smallest absolute Gasteiger partial charge is 0.403 e. The lowest BCUT2D eigenvalue weighted by Crippen LogP contribution is -2.41. The molecule has 0 saturated carbocycles. The summed E-state index contributed by atoms with van der Waals surface area (Å²) in [7, 11) is -0.147. The second kappa shape index (κ2) is 7.08. The first-order valence-corrected chi connectivity index (χ1v) is 10.6. The monoisotopic (exact) mass is 378 g/mol. The van der Waals surface area contributed by atoms with Crippen LogP contribution in [-0.2, 0) is 9.31 Å². The van der Waals surface area contributed by atoms with Crippen LogP contribution in [0.25, 0.3) is 10.1 Å². The van der Waals surface area contributed by atoms with Crippen molar-refractivity contribution < 1.29 is 9.31 Å². The molecule has 4 heteroatoms. The van der Waals surface area contributed by atoms with Crippen LogP contribution in [0.5, 0.6) is 0 Å². The first-order chi connectivity index (χ1) is 12.9. The molecule has 27 heavy (non-hydrogen) atoms. The molecule has 2 heterocycles. The van der Waals surface area contributed by atoms with Crippen molar-refractivity contribution in [1.82, 2.24) is 0 Å². The van der Waals surface area contributed by atoms with Crippen LogP contribution < -0.4 is 0 Å². The first kappa shape index (κ1) is 18.7. The second-order valence-corrected chi connectivity index (χ2v) is 9.39. The minimum atomic E-state index is -0.268. The number of thiophene rings is 1. The molecule has 1 aliphatic heterocycles. The van der Waals surface area contributed by atoms with Gasteiger partial charge in [0.2, 0.25) is 0 Å². The van der Waals surface area contributed by atoms with Crippen molar-refractivity contribution >= 4 is 28.5 Å². The third-order valence-corrected chi connectivity index (χ3v) is 6.97. The Hall–Kier alpha value is -1.62. The van der Waals surface area contributed by atoms with Crippen LogP contribution in [0.15, 0.2) is 60.0 Å². The molecule has 2 aromatic carbocycles. The van der Waals surface area contributed by atoms with E-state index in [0.29, 0.717) is 5.92 Å². The van der Waals surface area contributed by atoms with E-state index in [-0.39, 0.29) is 18.3 Å². The summed E-state index contributed by atoms with van der Waals surface area (Å²) in [6, 6.07) is 19.9. The van der Waals surface area contributed by atoms with Crippen LogP contribution in [-0.4, -0.2) is 18.3 Å². The van der Waals surface area contributed by atoms with Gasteiger partial charge in [-0.05, 0) is 80.5 Å². The van der Waals surface area contributed by atoms with Crippen molar-refractivity contribution in [1.29, 1.82) is 0 Å². The average Bonchev–Trinajstić information content (AvgIpc) is 3.17. The van der Waals surface area contributed by atoms with E-state index in [0.717, 1.165) is 12.7 Å². The van der Waals surface area contributed by atoms with E-state index in [1.807, 2.05) is 0 Å². The molecule has 0 amide bonds. The summed E-state index contributed by atoms with van der Waals surface area (Å²) in [6.07, 6.45) is 1.88. The van der Waals surface area contributed by atoms with E-state index in [1.165, 1.54) is 21.2 Å². The van der Waals surface area contributed by atoms with Gasteiger partial charge in [0.15, 0.2) is 0 Å². The van der Waals surface area contributed by atoms with Crippen LogP contribution in [0.1, 0.15) is 51.2 Å². The maximum Gasteiger partial charge on any atom is 0.457 e. The van der Waals surface area contributed by atoms with E-state index in [1.54, 1.807) is 11.3 Å². The van der Waals surface area contributed by atoms with Crippen molar-refractivity contribution in [3.63, 3.8) is 0 Å². The lowest BCUT2D eigenvalue weighted by Gasteiger charge is -2.32. The third-order valence-electron chi connectivity index (χ3n) is 6.07. The highest BCUT2D eigenvalue weighted by atomic mass is 32.1. The summed E-state index contributed by atoms with van der Waals surface area (Å²) >= 11 is 1.80. The van der Waals surface area contributed by atoms with Gasteiger partial charge in [-0.15, -0.1) is 11.3 Å². The Bertz CT molecular complexity index is 900. The Morgan fingerprint density at radius 2 is 1.59 bits per heavy atom. The normalized spacial score (nSPS) is 19.5. The minimum absolute atomic E-state index is 0.147. The quantitative estimate of drug-likeness (QED) is 0.471. The van der Waals surface area contributed by atoms with Crippen LogP contribution in [0.3, 0.4) is 0 Å². The molecular weight excluding hydrogens is 351 g/mol. The van der Waals surface area contributed by atoms with E-state index in [2.05, 4.69) is 87.7 Å². The largest absolute Gasteiger partial charge is 0.457 e. The minimum Gasteiger partial charge on any atom is -0.403 e. The van der Waals surface area contributed by atoms with Gasteiger partial charge in [0, 0.05) is 10.6 Å². The predicted molar refractivity (Wildman–Crippen MR) is 116 cm³/mol. The topological polar surface area (TPSA) is 18.5 Å². The molecular formula is C23H27BO2S. The molecule has 3 aromatic rings. The zero-order chi connectivity index (χ0) is 19.1.